The summed E-state index contributed by atoms with van der Waals surface area (Å²) in [4.78, 5) is 13.1. The topological polar surface area (TPSA) is 38.7 Å². The van der Waals surface area contributed by atoms with Gasteiger partial charge in [-0.25, -0.2) is 9.97 Å². The highest BCUT2D eigenvalue weighted by molar-refractivity contribution is 14.1. The van der Waals surface area contributed by atoms with Crippen molar-refractivity contribution in [3.63, 3.8) is 0 Å². The summed E-state index contributed by atoms with van der Waals surface area (Å²) >= 11 is 8.41. The van der Waals surface area contributed by atoms with Crippen LogP contribution < -0.4 is 0 Å². The summed E-state index contributed by atoms with van der Waals surface area (Å²) in [6.07, 6.45) is 3.45. The van der Waals surface area contributed by atoms with Crippen LogP contribution in [0.1, 0.15) is 0 Å². The van der Waals surface area contributed by atoms with Crippen LogP contribution in [0.3, 0.4) is 0 Å². The van der Waals surface area contributed by atoms with E-state index in [1.165, 1.54) is 0 Å². The van der Waals surface area contributed by atoms with Gasteiger partial charge in [0.25, 0.3) is 0 Å². The molecule has 3 aromatic rings. The average molecular weight is 394 g/mol. The standard InChI is InChI=1S/C15H9ClIN3/c16-14-12(17)13(10-5-2-1-3-6-10)19-15(20-14)11-7-4-8-18-9-11/h1-9H. The first kappa shape index (κ1) is 13.5. The molecule has 0 N–H and O–H groups in total. The Balaban J connectivity index is 2.19. The Kier molecular flexibility index (Phi) is 3.93. The zero-order chi connectivity index (χ0) is 13.9. The van der Waals surface area contributed by atoms with Crippen LogP contribution in [0, 0.1) is 3.57 Å². The highest BCUT2D eigenvalue weighted by Gasteiger charge is 2.13. The van der Waals surface area contributed by atoms with Gasteiger partial charge in [0.15, 0.2) is 5.82 Å². The molecule has 0 unspecified atom stereocenters. The second-order valence-corrected chi connectivity index (χ2v) is 5.55. The maximum Gasteiger partial charge on any atom is 0.163 e. The first-order valence-electron chi connectivity index (χ1n) is 5.94. The molecular weight excluding hydrogens is 385 g/mol. The van der Waals surface area contributed by atoms with E-state index in [1.54, 1.807) is 12.4 Å². The van der Waals surface area contributed by atoms with Crippen molar-refractivity contribution in [2.45, 2.75) is 0 Å². The van der Waals surface area contributed by atoms with E-state index in [1.807, 2.05) is 42.5 Å². The average Bonchev–Trinajstić information content (AvgIpc) is 2.51. The zero-order valence-electron chi connectivity index (χ0n) is 10.3. The summed E-state index contributed by atoms with van der Waals surface area (Å²) in [5.74, 6) is 0.586. The lowest BCUT2D eigenvalue weighted by Gasteiger charge is -2.08. The van der Waals surface area contributed by atoms with Crippen LogP contribution in [0.25, 0.3) is 22.6 Å². The van der Waals surface area contributed by atoms with Crippen LogP contribution in [-0.2, 0) is 0 Å². The maximum absolute atomic E-state index is 6.24. The van der Waals surface area contributed by atoms with Gasteiger partial charge in [-0.3, -0.25) is 4.98 Å². The molecule has 0 aliphatic rings. The number of pyridine rings is 1. The second kappa shape index (κ2) is 5.85. The number of nitrogens with zero attached hydrogens (tertiary/aromatic N) is 3. The van der Waals surface area contributed by atoms with Gasteiger partial charge in [0.2, 0.25) is 0 Å². The van der Waals surface area contributed by atoms with Gasteiger partial charge in [-0.05, 0) is 34.7 Å². The van der Waals surface area contributed by atoms with E-state index in [9.17, 15) is 0 Å². The van der Waals surface area contributed by atoms with E-state index in [-0.39, 0.29) is 0 Å². The molecule has 0 saturated heterocycles. The van der Waals surface area contributed by atoms with E-state index < -0.39 is 0 Å². The van der Waals surface area contributed by atoms with Crippen molar-refractivity contribution in [1.82, 2.24) is 15.0 Å². The Morgan fingerprint density at radius 2 is 1.65 bits per heavy atom. The molecule has 3 rings (SSSR count). The number of rotatable bonds is 2. The minimum atomic E-state index is 0.457. The fourth-order valence-electron chi connectivity index (χ4n) is 1.83. The molecule has 0 fully saturated rings. The van der Waals surface area contributed by atoms with Gasteiger partial charge in [0.05, 0.1) is 9.26 Å². The first-order chi connectivity index (χ1) is 9.75. The molecule has 0 saturated carbocycles. The van der Waals surface area contributed by atoms with Crippen molar-refractivity contribution in [2.24, 2.45) is 0 Å². The summed E-state index contributed by atoms with van der Waals surface area (Å²) in [5, 5.41) is 0.457. The fourth-order valence-corrected chi connectivity index (χ4v) is 2.55. The van der Waals surface area contributed by atoms with Crippen molar-refractivity contribution in [3.05, 3.63) is 63.6 Å². The predicted molar refractivity (Wildman–Crippen MR) is 88.4 cm³/mol. The minimum absolute atomic E-state index is 0.457. The van der Waals surface area contributed by atoms with Gasteiger partial charge >= 0.3 is 0 Å². The van der Waals surface area contributed by atoms with Gasteiger partial charge in [0.1, 0.15) is 5.15 Å². The molecule has 0 atom stereocenters. The number of hydrogen-bond acceptors (Lipinski definition) is 3. The van der Waals surface area contributed by atoms with Gasteiger partial charge in [-0.2, -0.15) is 0 Å². The third-order valence-electron chi connectivity index (χ3n) is 2.78. The highest BCUT2D eigenvalue weighted by atomic mass is 127. The van der Waals surface area contributed by atoms with Crippen LogP contribution in [-0.4, -0.2) is 15.0 Å². The van der Waals surface area contributed by atoms with Crippen LogP contribution in [0.2, 0.25) is 5.15 Å². The van der Waals surface area contributed by atoms with Gasteiger partial charge in [0, 0.05) is 23.5 Å². The monoisotopic (exact) mass is 393 g/mol. The van der Waals surface area contributed by atoms with Crippen molar-refractivity contribution in [2.75, 3.05) is 0 Å². The summed E-state index contributed by atoms with van der Waals surface area (Å²) in [7, 11) is 0. The Bertz CT molecular complexity index is 733. The molecule has 5 heteroatoms. The third kappa shape index (κ3) is 2.66. The molecule has 0 spiro atoms. The molecule has 2 heterocycles. The van der Waals surface area contributed by atoms with Gasteiger partial charge < -0.3 is 0 Å². The maximum atomic E-state index is 6.24. The second-order valence-electron chi connectivity index (χ2n) is 4.11. The summed E-state index contributed by atoms with van der Waals surface area (Å²) < 4.78 is 0.850. The van der Waals surface area contributed by atoms with E-state index >= 15 is 0 Å². The number of aromatic nitrogens is 3. The quantitative estimate of drug-likeness (QED) is 0.476. The molecule has 0 amide bonds. The molecule has 2 aromatic heterocycles. The summed E-state index contributed by atoms with van der Waals surface area (Å²) in [6.45, 7) is 0. The molecule has 3 nitrogen and oxygen atoms in total. The van der Waals surface area contributed by atoms with E-state index in [0.29, 0.717) is 11.0 Å². The van der Waals surface area contributed by atoms with Crippen LogP contribution in [0.15, 0.2) is 54.9 Å². The lowest BCUT2D eigenvalue weighted by Crippen LogP contribution is -1.97. The van der Waals surface area contributed by atoms with Crippen LogP contribution in [0.4, 0.5) is 0 Å². The Morgan fingerprint density at radius 3 is 2.35 bits per heavy atom. The van der Waals surface area contributed by atoms with Crippen LogP contribution in [0.5, 0.6) is 0 Å². The Hall–Kier alpha value is -1.53. The highest BCUT2D eigenvalue weighted by Crippen LogP contribution is 2.30. The van der Waals surface area contributed by atoms with E-state index in [2.05, 4.69) is 37.5 Å². The molecule has 0 aliphatic heterocycles. The number of benzene rings is 1. The van der Waals surface area contributed by atoms with Gasteiger partial charge in [-0.1, -0.05) is 41.9 Å². The molecular formula is C15H9ClIN3. The van der Waals surface area contributed by atoms with Crippen LogP contribution >= 0.6 is 34.2 Å². The number of halogens is 2. The molecule has 0 aliphatic carbocycles. The van der Waals surface area contributed by atoms with Gasteiger partial charge in [-0.15, -0.1) is 0 Å². The summed E-state index contributed by atoms with van der Waals surface area (Å²) in [5.41, 5.74) is 2.71. The SMILES string of the molecule is Clc1nc(-c2cccnc2)nc(-c2ccccc2)c1I. The lowest BCUT2D eigenvalue weighted by atomic mass is 10.1. The van der Waals surface area contributed by atoms with E-state index in [0.717, 1.165) is 20.4 Å². The van der Waals surface area contributed by atoms with Crippen molar-refractivity contribution in [3.8, 4) is 22.6 Å². The van der Waals surface area contributed by atoms with E-state index in [4.69, 9.17) is 11.6 Å². The Labute approximate surface area is 135 Å². The fraction of sp³-hybridized carbons (Fsp3) is 0. The zero-order valence-corrected chi connectivity index (χ0v) is 13.2. The number of hydrogen-bond donors (Lipinski definition) is 0. The molecule has 98 valence electrons. The summed E-state index contributed by atoms with van der Waals surface area (Å²) in [6, 6.07) is 13.7. The Morgan fingerprint density at radius 1 is 0.900 bits per heavy atom. The first-order valence-corrected chi connectivity index (χ1v) is 7.40. The predicted octanol–water partition coefficient (Wildman–Crippen LogP) is 4.46. The van der Waals surface area contributed by atoms with Crippen molar-refractivity contribution >= 4 is 34.2 Å². The molecule has 0 radical (unpaired) electrons. The third-order valence-corrected chi connectivity index (χ3v) is 4.39. The molecule has 20 heavy (non-hydrogen) atoms. The lowest BCUT2D eigenvalue weighted by molar-refractivity contribution is 1.15. The normalized spacial score (nSPS) is 10.5. The van der Waals surface area contributed by atoms with Crippen molar-refractivity contribution in [1.29, 1.82) is 0 Å². The smallest absolute Gasteiger partial charge is 0.163 e. The largest absolute Gasteiger partial charge is 0.264 e. The molecule has 0 bridgehead atoms. The van der Waals surface area contributed by atoms with Crippen molar-refractivity contribution < 1.29 is 0 Å². The molecule has 1 aromatic carbocycles. The minimum Gasteiger partial charge on any atom is -0.264 e.